The quantitative estimate of drug-likeness (QED) is 0.770. The van der Waals surface area contributed by atoms with E-state index in [0.29, 0.717) is 0 Å². The Morgan fingerprint density at radius 3 is 2.21 bits per heavy atom. The lowest BCUT2D eigenvalue weighted by Gasteiger charge is -2.11. The lowest BCUT2D eigenvalue weighted by molar-refractivity contribution is -0.274. The van der Waals surface area contributed by atoms with Crippen LogP contribution in [0.25, 0.3) is 0 Å². The minimum Gasteiger partial charge on any atom is -0.404 e. The molecule has 7 heteroatoms. The lowest BCUT2D eigenvalue weighted by Crippen LogP contribution is -2.17. The summed E-state index contributed by atoms with van der Waals surface area (Å²) < 4.78 is 39.0. The van der Waals surface area contributed by atoms with Crippen LogP contribution in [0.2, 0.25) is 10.0 Å². The summed E-state index contributed by atoms with van der Waals surface area (Å²) >= 11 is 10.9. The van der Waals surface area contributed by atoms with E-state index in [-0.39, 0.29) is 15.7 Å². The summed E-state index contributed by atoms with van der Waals surface area (Å²) in [5, 5.41) is -0.294. The fourth-order valence-electron chi connectivity index (χ4n) is 0.747. The van der Waals surface area contributed by atoms with E-state index in [0.717, 1.165) is 12.1 Å². The van der Waals surface area contributed by atoms with E-state index >= 15 is 0 Å². The molecule has 1 rings (SSSR count). The average Bonchev–Trinajstić information content (AvgIpc) is 1.97. The molecule has 2 nitrogen and oxygen atoms in total. The summed E-state index contributed by atoms with van der Waals surface area (Å²) in [5.41, 5.74) is 5.39. The second kappa shape index (κ2) is 3.74. The first-order valence-electron chi connectivity index (χ1n) is 3.30. The van der Waals surface area contributed by atoms with Gasteiger partial charge in [0.15, 0.2) is 0 Å². The van der Waals surface area contributed by atoms with Crippen molar-refractivity contribution in [1.82, 2.24) is 0 Å². The van der Waals surface area contributed by atoms with Gasteiger partial charge in [-0.1, -0.05) is 23.2 Å². The fraction of sp³-hybridized carbons (Fsp3) is 0.143. The smallest absolute Gasteiger partial charge is 0.404 e. The van der Waals surface area contributed by atoms with E-state index in [4.69, 9.17) is 28.9 Å². The van der Waals surface area contributed by atoms with Gasteiger partial charge >= 0.3 is 6.36 Å². The van der Waals surface area contributed by atoms with Crippen LogP contribution in [-0.4, -0.2) is 6.36 Å². The predicted molar refractivity (Wildman–Crippen MR) is 47.6 cm³/mol. The van der Waals surface area contributed by atoms with Crippen molar-refractivity contribution in [3.8, 4) is 5.75 Å². The molecule has 0 bridgehead atoms. The maximum absolute atomic E-state index is 11.8. The van der Waals surface area contributed by atoms with Gasteiger partial charge in [-0.05, 0) is 6.07 Å². The molecule has 1 aromatic rings. The van der Waals surface area contributed by atoms with Crippen LogP contribution < -0.4 is 10.5 Å². The standard InChI is InChI=1S/C7H4Cl2F3NO/c8-3-2-6(14-7(10,11)12)4(9)1-5(3)13/h1-2H,13H2. The largest absolute Gasteiger partial charge is 0.573 e. The van der Waals surface area contributed by atoms with Gasteiger partial charge in [0.25, 0.3) is 0 Å². The van der Waals surface area contributed by atoms with Gasteiger partial charge in [0.2, 0.25) is 0 Å². The highest BCUT2D eigenvalue weighted by Gasteiger charge is 2.32. The van der Waals surface area contributed by atoms with E-state index in [9.17, 15) is 13.2 Å². The van der Waals surface area contributed by atoms with E-state index in [1.165, 1.54) is 0 Å². The van der Waals surface area contributed by atoms with Gasteiger partial charge in [-0.15, -0.1) is 13.2 Å². The third-order valence-corrected chi connectivity index (χ3v) is 1.90. The van der Waals surface area contributed by atoms with Gasteiger partial charge in [-0.2, -0.15) is 0 Å². The van der Waals surface area contributed by atoms with E-state index < -0.39 is 12.1 Å². The van der Waals surface area contributed by atoms with Crippen LogP contribution in [0.1, 0.15) is 0 Å². The van der Waals surface area contributed by atoms with Crippen molar-refractivity contribution in [2.45, 2.75) is 6.36 Å². The summed E-state index contributed by atoms with van der Waals surface area (Å²) in [6.07, 6.45) is -4.80. The number of nitrogens with two attached hydrogens (primary N) is 1. The van der Waals surface area contributed by atoms with Crippen molar-refractivity contribution in [2.24, 2.45) is 0 Å². The molecule has 0 aliphatic rings. The second-order valence-corrected chi connectivity index (χ2v) is 3.17. The number of alkyl halides is 3. The molecule has 0 spiro atoms. The van der Waals surface area contributed by atoms with Crippen molar-refractivity contribution in [3.63, 3.8) is 0 Å². The zero-order valence-corrected chi connectivity index (χ0v) is 8.04. The zero-order valence-electron chi connectivity index (χ0n) is 6.53. The molecule has 0 heterocycles. The Balaban J connectivity index is 3.04. The summed E-state index contributed by atoms with van der Waals surface area (Å²) in [6.45, 7) is 0. The molecular weight excluding hydrogens is 242 g/mol. The molecule has 0 aliphatic heterocycles. The topological polar surface area (TPSA) is 35.2 Å². The molecule has 78 valence electrons. The highest BCUT2D eigenvalue weighted by Crippen LogP contribution is 2.35. The summed E-state index contributed by atoms with van der Waals surface area (Å²) in [5.74, 6) is -0.571. The number of nitrogen functional groups attached to an aromatic ring is 1. The third kappa shape index (κ3) is 2.85. The summed E-state index contributed by atoms with van der Waals surface area (Å²) in [4.78, 5) is 0. The normalized spacial score (nSPS) is 11.5. The van der Waals surface area contributed by atoms with Gasteiger partial charge in [-0.25, -0.2) is 0 Å². The van der Waals surface area contributed by atoms with Crippen molar-refractivity contribution in [1.29, 1.82) is 0 Å². The van der Waals surface area contributed by atoms with Gasteiger partial charge in [-0.3, -0.25) is 0 Å². The fourth-order valence-corrected chi connectivity index (χ4v) is 1.11. The van der Waals surface area contributed by atoms with Crippen molar-refractivity contribution < 1.29 is 17.9 Å². The first-order chi connectivity index (χ1) is 6.29. The number of hydrogen-bond donors (Lipinski definition) is 1. The van der Waals surface area contributed by atoms with Crippen LogP contribution >= 0.6 is 23.2 Å². The molecule has 0 fully saturated rings. The Bertz CT molecular complexity index is 354. The van der Waals surface area contributed by atoms with Crippen LogP contribution in [0.3, 0.4) is 0 Å². The second-order valence-electron chi connectivity index (χ2n) is 2.35. The van der Waals surface area contributed by atoms with Crippen LogP contribution in [0.4, 0.5) is 18.9 Å². The van der Waals surface area contributed by atoms with Crippen LogP contribution in [0, 0.1) is 0 Å². The molecule has 0 radical (unpaired) electrons. The minimum atomic E-state index is -4.80. The summed E-state index contributed by atoms with van der Waals surface area (Å²) in [6, 6.07) is 2.00. The lowest BCUT2D eigenvalue weighted by atomic mass is 10.3. The van der Waals surface area contributed by atoms with E-state index in [1.54, 1.807) is 0 Å². The van der Waals surface area contributed by atoms with Gasteiger partial charge < -0.3 is 10.5 Å². The first-order valence-corrected chi connectivity index (χ1v) is 4.05. The molecule has 0 aliphatic carbocycles. The Labute approximate surface area is 87.4 Å². The van der Waals surface area contributed by atoms with Crippen LogP contribution in [-0.2, 0) is 0 Å². The molecule has 0 saturated heterocycles. The Morgan fingerprint density at radius 2 is 1.71 bits per heavy atom. The first kappa shape index (κ1) is 11.3. The van der Waals surface area contributed by atoms with Gasteiger partial charge in [0.05, 0.1) is 15.7 Å². The molecule has 0 unspecified atom stereocenters. The van der Waals surface area contributed by atoms with Crippen LogP contribution in [0.5, 0.6) is 5.75 Å². The molecule has 0 saturated carbocycles. The number of halogens is 5. The summed E-state index contributed by atoms with van der Waals surface area (Å²) in [7, 11) is 0. The molecule has 2 N–H and O–H groups in total. The maximum Gasteiger partial charge on any atom is 0.573 e. The minimum absolute atomic E-state index is 0.0475. The number of anilines is 1. The SMILES string of the molecule is Nc1cc(Cl)c(OC(F)(F)F)cc1Cl. The Kier molecular flexibility index (Phi) is 3.01. The molecular formula is C7H4Cl2F3NO. The number of rotatable bonds is 1. The third-order valence-electron chi connectivity index (χ3n) is 1.28. The molecule has 0 amide bonds. The monoisotopic (exact) mass is 245 g/mol. The van der Waals surface area contributed by atoms with E-state index in [2.05, 4.69) is 4.74 Å². The van der Waals surface area contributed by atoms with Gasteiger partial charge in [0.1, 0.15) is 5.75 Å². The molecule has 0 atom stereocenters. The highest BCUT2D eigenvalue weighted by molar-refractivity contribution is 6.36. The Morgan fingerprint density at radius 1 is 1.14 bits per heavy atom. The predicted octanol–water partition coefficient (Wildman–Crippen LogP) is 3.47. The molecule has 1 aromatic carbocycles. The van der Waals surface area contributed by atoms with Crippen molar-refractivity contribution in [2.75, 3.05) is 5.73 Å². The average molecular weight is 246 g/mol. The van der Waals surface area contributed by atoms with Crippen molar-refractivity contribution in [3.05, 3.63) is 22.2 Å². The number of benzene rings is 1. The van der Waals surface area contributed by atoms with Gasteiger partial charge in [0, 0.05) is 6.07 Å². The Hall–Kier alpha value is -0.810. The number of ether oxygens (including phenoxy) is 1. The van der Waals surface area contributed by atoms with E-state index in [1.807, 2.05) is 0 Å². The van der Waals surface area contributed by atoms with Crippen LogP contribution in [0.15, 0.2) is 12.1 Å². The molecule has 0 aromatic heterocycles. The maximum atomic E-state index is 11.8. The zero-order chi connectivity index (χ0) is 10.9. The number of hydrogen-bond acceptors (Lipinski definition) is 2. The highest BCUT2D eigenvalue weighted by atomic mass is 35.5. The van der Waals surface area contributed by atoms with Crippen molar-refractivity contribution >= 4 is 28.9 Å². The molecule has 14 heavy (non-hydrogen) atoms.